The summed E-state index contributed by atoms with van der Waals surface area (Å²) in [6, 6.07) is 13.2. The molecule has 5 rings (SSSR count). The van der Waals surface area contributed by atoms with Gasteiger partial charge in [-0.1, -0.05) is 63.6 Å². The van der Waals surface area contributed by atoms with Gasteiger partial charge in [-0.25, -0.2) is 0 Å². The van der Waals surface area contributed by atoms with Crippen LogP contribution in [0.15, 0.2) is 65.1 Å². The minimum absolute atomic E-state index is 0.0402. The van der Waals surface area contributed by atoms with Crippen LogP contribution >= 0.6 is 11.6 Å². The predicted molar refractivity (Wildman–Crippen MR) is 143 cm³/mol. The summed E-state index contributed by atoms with van der Waals surface area (Å²) in [5.41, 5.74) is 2.53. The maximum absolute atomic E-state index is 13.5. The molecule has 0 saturated heterocycles. The van der Waals surface area contributed by atoms with E-state index in [4.69, 9.17) is 25.8 Å². The zero-order valence-electron chi connectivity index (χ0n) is 22.1. The van der Waals surface area contributed by atoms with Gasteiger partial charge >= 0.3 is 0 Å². The first-order valence-electron chi connectivity index (χ1n) is 12.7. The molecule has 5 nitrogen and oxygen atoms in total. The summed E-state index contributed by atoms with van der Waals surface area (Å²) in [4.78, 5) is 27.0. The maximum Gasteiger partial charge on any atom is 0.163 e. The zero-order valence-corrected chi connectivity index (χ0v) is 22.8. The average molecular weight is 521 g/mol. The number of carbonyl (C=O) groups excluding carboxylic acids is 2. The Morgan fingerprint density at radius 3 is 2.03 bits per heavy atom. The summed E-state index contributed by atoms with van der Waals surface area (Å²) >= 11 is 6.29. The fraction of sp³-hybridized carbons (Fsp3) is 0.419. The SMILES string of the molecule is COc1cc(C2C3=C(CC(C)(C)CC3=O)OC3=C2C(=O)CC(C)(C)C3)ccc1OCc1ccccc1Cl. The minimum atomic E-state index is -0.475. The van der Waals surface area contributed by atoms with Gasteiger partial charge in [0.05, 0.1) is 7.11 Å². The van der Waals surface area contributed by atoms with Crippen molar-refractivity contribution in [1.82, 2.24) is 0 Å². The van der Waals surface area contributed by atoms with Gasteiger partial charge in [-0.15, -0.1) is 0 Å². The molecule has 1 aliphatic heterocycles. The smallest absolute Gasteiger partial charge is 0.163 e. The van der Waals surface area contributed by atoms with Crippen molar-refractivity contribution >= 4 is 23.2 Å². The number of rotatable bonds is 5. The first kappa shape index (κ1) is 25.6. The second kappa shape index (κ2) is 9.36. The minimum Gasteiger partial charge on any atom is -0.493 e. The van der Waals surface area contributed by atoms with E-state index in [0.717, 1.165) is 11.1 Å². The van der Waals surface area contributed by atoms with Crippen molar-refractivity contribution in [3.63, 3.8) is 0 Å². The van der Waals surface area contributed by atoms with Gasteiger partial charge in [-0.05, 0) is 34.6 Å². The number of ether oxygens (including phenoxy) is 3. The van der Waals surface area contributed by atoms with Crippen molar-refractivity contribution < 1.29 is 23.8 Å². The lowest BCUT2D eigenvalue weighted by atomic mass is 9.65. The van der Waals surface area contributed by atoms with Crippen molar-refractivity contribution in [3.8, 4) is 11.5 Å². The van der Waals surface area contributed by atoms with Crippen LogP contribution in [-0.2, 0) is 20.9 Å². The molecule has 3 aliphatic rings. The molecule has 0 atom stereocenters. The lowest BCUT2D eigenvalue weighted by Crippen LogP contribution is -2.37. The Bertz CT molecular complexity index is 1300. The van der Waals surface area contributed by atoms with Gasteiger partial charge < -0.3 is 14.2 Å². The van der Waals surface area contributed by atoms with Crippen LogP contribution in [0.4, 0.5) is 0 Å². The Morgan fingerprint density at radius 1 is 0.865 bits per heavy atom. The number of halogens is 1. The number of methoxy groups -OCH3 is 1. The molecule has 0 spiro atoms. The third-order valence-corrected chi connectivity index (χ3v) is 7.81. The first-order chi connectivity index (χ1) is 17.5. The number of hydrogen-bond acceptors (Lipinski definition) is 5. The molecule has 0 radical (unpaired) electrons. The first-order valence-corrected chi connectivity index (χ1v) is 13.1. The molecule has 1 heterocycles. The van der Waals surface area contributed by atoms with Crippen LogP contribution < -0.4 is 9.47 Å². The summed E-state index contributed by atoms with van der Waals surface area (Å²) in [7, 11) is 1.59. The van der Waals surface area contributed by atoms with Crippen molar-refractivity contribution in [3.05, 3.63) is 81.3 Å². The zero-order chi connectivity index (χ0) is 26.5. The van der Waals surface area contributed by atoms with E-state index in [1.807, 2.05) is 42.5 Å². The Labute approximate surface area is 223 Å². The second-order valence-corrected chi connectivity index (χ2v) is 12.3. The molecular formula is C31H33ClO5. The lowest BCUT2D eigenvalue weighted by molar-refractivity contribution is -0.120. The number of allylic oxidation sites excluding steroid dienone is 4. The molecule has 0 N–H and O–H groups in total. The van der Waals surface area contributed by atoms with Crippen LogP contribution in [0.3, 0.4) is 0 Å². The van der Waals surface area contributed by atoms with E-state index in [2.05, 4.69) is 27.7 Å². The van der Waals surface area contributed by atoms with Gasteiger partial charge in [0.25, 0.3) is 0 Å². The highest BCUT2D eigenvalue weighted by Crippen LogP contribution is 2.53. The highest BCUT2D eigenvalue weighted by atomic mass is 35.5. The summed E-state index contributed by atoms with van der Waals surface area (Å²) in [5, 5.41) is 0.636. The molecule has 0 saturated carbocycles. The van der Waals surface area contributed by atoms with Crippen LogP contribution in [0.5, 0.6) is 11.5 Å². The summed E-state index contributed by atoms with van der Waals surface area (Å²) in [6.07, 6.45) is 2.16. The van der Waals surface area contributed by atoms with E-state index in [1.165, 1.54) is 0 Å². The third kappa shape index (κ3) is 4.94. The standard InChI is InChI=1S/C31H33ClO5/c1-30(2)13-21(33)28-25(15-30)37-26-16-31(3,4)14-22(34)29(26)27(28)18-10-11-23(24(12-18)35-5)36-17-19-8-6-7-9-20(19)32/h6-12,27H,13-17H2,1-5H3. The summed E-state index contributed by atoms with van der Waals surface area (Å²) in [5.74, 6) is 2.11. The predicted octanol–water partition coefficient (Wildman–Crippen LogP) is 7.33. The molecule has 0 aromatic heterocycles. The number of Topliss-reactive ketones (excluding diaryl/α,β-unsaturated/α-hetero) is 2. The maximum atomic E-state index is 13.5. The molecule has 2 aromatic carbocycles. The molecule has 194 valence electrons. The highest BCUT2D eigenvalue weighted by Gasteiger charge is 2.47. The third-order valence-electron chi connectivity index (χ3n) is 7.44. The Hall–Kier alpha value is -3.05. The number of carbonyl (C=O) groups is 2. The van der Waals surface area contributed by atoms with E-state index in [1.54, 1.807) is 7.11 Å². The Balaban J connectivity index is 1.56. The molecule has 2 aliphatic carbocycles. The fourth-order valence-electron chi connectivity index (χ4n) is 5.76. The second-order valence-electron chi connectivity index (χ2n) is 11.9. The molecule has 0 amide bonds. The van der Waals surface area contributed by atoms with Crippen LogP contribution in [0.1, 0.15) is 70.4 Å². The van der Waals surface area contributed by atoms with Gasteiger partial charge in [0.15, 0.2) is 23.1 Å². The molecule has 0 bridgehead atoms. The van der Waals surface area contributed by atoms with Gasteiger partial charge in [0.2, 0.25) is 0 Å². The lowest BCUT2D eigenvalue weighted by Gasteiger charge is -2.42. The van der Waals surface area contributed by atoms with E-state index < -0.39 is 5.92 Å². The number of benzene rings is 2. The van der Waals surface area contributed by atoms with Crippen molar-refractivity contribution in [2.45, 2.75) is 65.9 Å². The molecule has 37 heavy (non-hydrogen) atoms. The van der Waals surface area contributed by atoms with Gasteiger partial charge in [0.1, 0.15) is 18.1 Å². The van der Waals surface area contributed by atoms with Crippen molar-refractivity contribution in [2.75, 3.05) is 7.11 Å². The van der Waals surface area contributed by atoms with Crippen LogP contribution in [0, 0.1) is 10.8 Å². The topological polar surface area (TPSA) is 61.8 Å². The quantitative estimate of drug-likeness (QED) is 0.413. The van der Waals surface area contributed by atoms with E-state index in [0.29, 0.717) is 71.5 Å². The van der Waals surface area contributed by atoms with Crippen molar-refractivity contribution in [1.29, 1.82) is 0 Å². The molecular weight excluding hydrogens is 488 g/mol. The van der Waals surface area contributed by atoms with Gasteiger partial charge in [-0.2, -0.15) is 0 Å². The number of hydrogen-bond donors (Lipinski definition) is 0. The normalized spacial score (nSPS) is 20.8. The van der Waals surface area contributed by atoms with Crippen LogP contribution in [0.25, 0.3) is 0 Å². The van der Waals surface area contributed by atoms with E-state index >= 15 is 0 Å². The van der Waals surface area contributed by atoms with E-state index in [-0.39, 0.29) is 22.4 Å². The van der Waals surface area contributed by atoms with Crippen LogP contribution in [0.2, 0.25) is 5.02 Å². The Morgan fingerprint density at radius 2 is 1.46 bits per heavy atom. The summed E-state index contributed by atoms with van der Waals surface area (Å²) < 4.78 is 18.1. The molecule has 0 fully saturated rings. The fourth-order valence-corrected chi connectivity index (χ4v) is 5.95. The molecule has 6 heteroatoms. The highest BCUT2D eigenvalue weighted by molar-refractivity contribution is 6.31. The number of ketones is 2. The van der Waals surface area contributed by atoms with Crippen molar-refractivity contribution in [2.24, 2.45) is 10.8 Å². The monoisotopic (exact) mass is 520 g/mol. The molecule has 0 unspecified atom stereocenters. The largest absolute Gasteiger partial charge is 0.493 e. The van der Waals surface area contributed by atoms with Gasteiger partial charge in [-0.3, -0.25) is 9.59 Å². The summed E-state index contributed by atoms with van der Waals surface area (Å²) in [6.45, 7) is 8.63. The molecule has 2 aromatic rings. The Kier molecular flexibility index (Phi) is 6.47. The average Bonchev–Trinajstić information content (AvgIpc) is 2.80. The van der Waals surface area contributed by atoms with E-state index in [9.17, 15) is 9.59 Å². The van der Waals surface area contributed by atoms with Crippen LogP contribution in [-0.4, -0.2) is 18.7 Å². The van der Waals surface area contributed by atoms with Gasteiger partial charge in [0, 0.05) is 53.3 Å².